The number of rotatable bonds is 3. The van der Waals surface area contributed by atoms with Crippen LogP contribution in [0.1, 0.15) is 48.8 Å². The van der Waals surface area contributed by atoms with Gasteiger partial charge in [0.15, 0.2) is 0 Å². The van der Waals surface area contributed by atoms with Gasteiger partial charge in [-0.3, -0.25) is 0 Å². The Kier molecular flexibility index (Phi) is 3.87. The van der Waals surface area contributed by atoms with E-state index >= 15 is 0 Å². The second-order valence-corrected chi connectivity index (χ2v) is 7.08. The fourth-order valence-electron chi connectivity index (χ4n) is 2.78. The van der Waals surface area contributed by atoms with Crippen molar-refractivity contribution < 1.29 is 5.11 Å². The SMILES string of the molecule is CC(O)(c1ccc(I)cc1)c1cccc(C2CCC2)c1. The molecule has 0 bridgehead atoms. The van der Waals surface area contributed by atoms with Gasteiger partial charge in [-0.2, -0.15) is 0 Å². The summed E-state index contributed by atoms with van der Waals surface area (Å²) >= 11 is 2.28. The molecule has 0 saturated heterocycles. The number of hydrogen-bond acceptors (Lipinski definition) is 1. The number of aliphatic hydroxyl groups is 1. The Bertz CT molecular complexity index is 597. The van der Waals surface area contributed by atoms with Gasteiger partial charge in [0.1, 0.15) is 5.60 Å². The van der Waals surface area contributed by atoms with Crippen LogP contribution in [0.2, 0.25) is 0 Å². The Hall–Kier alpha value is -0.870. The monoisotopic (exact) mass is 378 g/mol. The van der Waals surface area contributed by atoms with Crippen LogP contribution in [0.25, 0.3) is 0 Å². The Morgan fingerprint density at radius 2 is 1.75 bits per heavy atom. The minimum absolute atomic E-state index is 0.697. The quantitative estimate of drug-likeness (QED) is 0.760. The summed E-state index contributed by atoms with van der Waals surface area (Å²) in [5.41, 5.74) is 2.38. The van der Waals surface area contributed by atoms with Crippen LogP contribution in [-0.4, -0.2) is 5.11 Å². The third kappa shape index (κ3) is 2.63. The molecule has 1 unspecified atom stereocenters. The van der Waals surface area contributed by atoms with E-state index in [0.717, 1.165) is 11.1 Å². The Balaban J connectivity index is 1.95. The Labute approximate surface area is 134 Å². The summed E-state index contributed by atoms with van der Waals surface area (Å²) in [5.74, 6) is 0.697. The highest BCUT2D eigenvalue weighted by Gasteiger charge is 2.27. The summed E-state index contributed by atoms with van der Waals surface area (Å²) in [4.78, 5) is 0. The van der Waals surface area contributed by atoms with E-state index in [-0.39, 0.29) is 0 Å². The summed E-state index contributed by atoms with van der Waals surface area (Å²) in [7, 11) is 0. The lowest BCUT2D eigenvalue weighted by atomic mass is 9.78. The molecule has 1 aliphatic carbocycles. The molecule has 1 fully saturated rings. The molecule has 1 saturated carbocycles. The number of halogens is 1. The molecule has 0 amide bonds. The van der Waals surface area contributed by atoms with E-state index in [4.69, 9.17) is 0 Å². The van der Waals surface area contributed by atoms with Crippen molar-refractivity contribution in [3.05, 3.63) is 68.8 Å². The van der Waals surface area contributed by atoms with Crippen molar-refractivity contribution >= 4 is 22.6 Å². The normalized spacial score (nSPS) is 18.4. The number of benzene rings is 2. The molecule has 3 rings (SSSR count). The van der Waals surface area contributed by atoms with E-state index in [9.17, 15) is 5.11 Å². The first-order chi connectivity index (χ1) is 9.57. The van der Waals surface area contributed by atoms with E-state index in [0.29, 0.717) is 5.92 Å². The summed E-state index contributed by atoms with van der Waals surface area (Å²) in [6, 6.07) is 16.6. The number of hydrogen-bond donors (Lipinski definition) is 1. The lowest BCUT2D eigenvalue weighted by Gasteiger charge is -2.29. The average Bonchev–Trinajstić information content (AvgIpc) is 2.37. The molecule has 20 heavy (non-hydrogen) atoms. The highest BCUT2D eigenvalue weighted by atomic mass is 127. The predicted molar refractivity (Wildman–Crippen MR) is 90.9 cm³/mol. The first-order valence-electron chi connectivity index (χ1n) is 7.16. The lowest BCUT2D eigenvalue weighted by Crippen LogP contribution is -2.23. The van der Waals surface area contributed by atoms with Crippen molar-refractivity contribution in [3.8, 4) is 0 Å². The van der Waals surface area contributed by atoms with Crippen molar-refractivity contribution in [1.29, 1.82) is 0 Å². The molecule has 2 heteroatoms. The molecule has 0 heterocycles. The molecule has 1 aliphatic rings. The van der Waals surface area contributed by atoms with Crippen LogP contribution < -0.4 is 0 Å². The molecule has 1 N–H and O–H groups in total. The third-order valence-electron chi connectivity index (χ3n) is 4.43. The highest BCUT2D eigenvalue weighted by Crippen LogP contribution is 2.38. The Morgan fingerprint density at radius 1 is 1.05 bits per heavy atom. The molecule has 0 radical (unpaired) electrons. The van der Waals surface area contributed by atoms with Gasteiger partial charge in [0.05, 0.1) is 0 Å². The van der Waals surface area contributed by atoms with E-state index in [2.05, 4.69) is 40.8 Å². The summed E-state index contributed by atoms with van der Waals surface area (Å²) in [5, 5.41) is 10.9. The smallest absolute Gasteiger partial charge is 0.112 e. The maximum absolute atomic E-state index is 10.9. The standard InChI is InChI=1S/C18H19IO/c1-18(20,15-8-10-17(19)11-9-15)16-7-3-6-14(12-16)13-4-2-5-13/h3,6-13,20H,2,4-5H2,1H3. The van der Waals surface area contributed by atoms with Crippen LogP contribution in [0.5, 0.6) is 0 Å². The second kappa shape index (κ2) is 5.49. The van der Waals surface area contributed by atoms with Crippen LogP contribution >= 0.6 is 22.6 Å². The molecular weight excluding hydrogens is 359 g/mol. The van der Waals surface area contributed by atoms with Gasteiger partial charge in [-0.05, 0) is 77.1 Å². The minimum Gasteiger partial charge on any atom is -0.381 e. The molecule has 104 valence electrons. The fourth-order valence-corrected chi connectivity index (χ4v) is 3.14. The van der Waals surface area contributed by atoms with Crippen LogP contribution in [-0.2, 0) is 5.60 Å². The molecule has 0 spiro atoms. The lowest BCUT2D eigenvalue weighted by molar-refractivity contribution is 0.102. The first kappa shape index (κ1) is 14.1. The predicted octanol–water partition coefficient (Wildman–Crippen LogP) is 4.81. The highest BCUT2D eigenvalue weighted by molar-refractivity contribution is 14.1. The largest absolute Gasteiger partial charge is 0.381 e. The molecule has 2 aromatic carbocycles. The van der Waals surface area contributed by atoms with Gasteiger partial charge in [-0.15, -0.1) is 0 Å². The van der Waals surface area contributed by atoms with Gasteiger partial charge in [0.25, 0.3) is 0 Å². The van der Waals surface area contributed by atoms with Crippen molar-refractivity contribution in [2.45, 2.75) is 37.7 Å². The maximum atomic E-state index is 10.9. The molecule has 2 aromatic rings. The Morgan fingerprint density at radius 3 is 2.35 bits per heavy atom. The average molecular weight is 378 g/mol. The molecule has 1 atom stereocenters. The van der Waals surface area contributed by atoms with E-state index in [1.807, 2.05) is 37.3 Å². The zero-order chi connectivity index (χ0) is 14.2. The second-order valence-electron chi connectivity index (χ2n) is 5.83. The van der Waals surface area contributed by atoms with Crippen LogP contribution in [0.4, 0.5) is 0 Å². The van der Waals surface area contributed by atoms with Crippen LogP contribution in [0.15, 0.2) is 48.5 Å². The molecule has 0 aromatic heterocycles. The van der Waals surface area contributed by atoms with Crippen LogP contribution in [0, 0.1) is 3.57 Å². The molecule has 0 aliphatic heterocycles. The zero-order valence-corrected chi connectivity index (χ0v) is 13.8. The third-order valence-corrected chi connectivity index (χ3v) is 5.15. The van der Waals surface area contributed by atoms with E-state index < -0.39 is 5.60 Å². The van der Waals surface area contributed by atoms with Crippen molar-refractivity contribution in [2.75, 3.05) is 0 Å². The van der Waals surface area contributed by atoms with Gasteiger partial charge in [0, 0.05) is 3.57 Å². The summed E-state index contributed by atoms with van der Waals surface area (Å²) in [6.45, 7) is 1.88. The van der Waals surface area contributed by atoms with Gasteiger partial charge in [0.2, 0.25) is 0 Å². The van der Waals surface area contributed by atoms with Crippen molar-refractivity contribution in [3.63, 3.8) is 0 Å². The summed E-state index contributed by atoms with van der Waals surface area (Å²) in [6.07, 6.45) is 3.91. The fraction of sp³-hybridized carbons (Fsp3) is 0.333. The minimum atomic E-state index is -0.926. The van der Waals surface area contributed by atoms with Crippen LogP contribution in [0.3, 0.4) is 0 Å². The topological polar surface area (TPSA) is 20.2 Å². The summed E-state index contributed by atoms with van der Waals surface area (Å²) < 4.78 is 1.19. The van der Waals surface area contributed by atoms with Crippen molar-refractivity contribution in [2.24, 2.45) is 0 Å². The molecular formula is C18H19IO. The van der Waals surface area contributed by atoms with Gasteiger partial charge in [-0.25, -0.2) is 0 Å². The van der Waals surface area contributed by atoms with E-state index in [1.165, 1.54) is 28.4 Å². The van der Waals surface area contributed by atoms with E-state index in [1.54, 1.807) is 0 Å². The maximum Gasteiger partial charge on any atom is 0.112 e. The van der Waals surface area contributed by atoms with Gasteiger partial charge >= 0.3 is 0 Å². The van der Waals surface area contributed by atoms with Gasteiger partial charge in [-0.1, -0.05) is 42.8 Å². The zero-order valence-electron chi connectivity index (χ0n) is 11.6. The molecule has 1 nitrogen and oxygen atoms in total. The van der Waals surface area contributed by atoms with Crippen molar-refractivity contribution in [1.82, 2.24) is 0 Å². The van der Waals surface area contributed by atoms with Gasteiger partial charge < -0.3 is 5.11 Å². The first-order valence-corrected chi connectivity index (χ1v) is 8.24.